The van der Waals surface area contributed by atoms with Crippen molar-refractivity contribution in [1.29, 1.82) is 0 Å². The number of nitrogens with zero attached hydrogens (tertiary/aromatic N) is 1. The number of sulfonamides is 1. The SMILES string of the molecule is C=C(CCCC)NNC(=O)c1cccc(S(=O)(=O)N2CCCCC2)c1. The van der Waals surface area contributed by atoms with E-state index < -0.39 is 10.0 Å². The Balaban J connectivity index is 2.05. The molecule has 0 unspecified atom stereocenters. The first kappa shape index (κ1) is 19.5. The average molecular weight is 365 g/mol. The lowest BCUT2D eigenvalue weighted by Gasteiger charge is -2.26. The molecule has 6 nitrogen and oxygen atoms in total. The predicted octanol–water partition coefficient (Wildman–Crippen LogP) is 2.80. The Hall–Kier alpha value is -1.86. The first-order valence-electron chi connectivity index (χ1n) is 8.79. The van der Waals surface area contributed by atoms with Gasteiger partial charge in [-0.25, -0.2) is 8.42 Å². The van der Waals surface area contributed by atoms with Crippen LogP contribution in [0.5, 0.6) is 0 Å². The van der Waals surface area contributed by atoms with Crippen molar-refractivity contribution in [1.82, 2.24) is 15.2 Å². The van der Waals surface area contributed by atoms with Gasteiger partial charge in [-0.1, -0.05) is 32.4 Å². The van der Waals surface area contributed by atoms with E-state index in [-0.39, 0.29) is 10.8 Å². The van der Waals surface area contributed by atoms with Crippen LogP contribution in [0.4, 0.5) is 0 Å². The Labute approximate surface area is 150 Å². The smallest absolute Gasteiger partial charge is 0.269 e. The third-order valence-corrected chi connectivity index (χ3v) is 6.13. The number of hydrogen-bond donors (Lipinski definition) is 2. The molecule has 0 radical (unpaired) electrons. The van der Waals surface area contributed by atoms with Crippen molar-refractivity contribution in [2.45, 2.75) is 50.3 Å². The molecule has 25 heavy (non-hydrogen) atoms. The van der Waals surface area contributed by atoms with E-state index in [1.54, 1.807) is 12.1 Å². The van der Waals surface area contributed by atoms with Crippen molar-refractivity contribution < 1.29 is 13.2 Å². The topological polar surface area (TPSA) is 78.5 Å². The third-order valence-electron chi connectivity index (χ3n) is 4.23. The van der Waals surface area contributed by atoms with Gasteiger partial charge in [-0.3, -0.25) is 10.2 Å². The highest BCUT2D eigenvalue weighted by Gasteiger charge is 2.26. The van der Waals surface area contributed by atoms with Gasteiger partial charge in [0.05, 0.1) is 4.90 Å². The van der Waals surface area contributed by atoms with Crippen molar-refractivity contribution in [2.75, 3.05) is 13.1 Å². The van der Waals surface area contributed by atoms with Gasteiger partial charge in [0.1, 0.15) is 0 Å². The molecule has 2 rings (SSSR count). The summed E-state index contributed by atoms with van der Waals surface area (Å²) in [6, 6.07) is 6.16. The van der Waals surface area contributed by atoms with E-state index in [1.165, 1.54) is 16.4 Å². The van der Waals surface area contributed by atoms with Gasteiger partial charge in [0.15, 0.2) is 0 Å². The van der Waals surface area contributed by atoms with E-state index in [0.717, 1.165) is 44.2 Å². The molecule has 1 aliphatic heterocycles. The number of rotatable bonds is 8. The molecule has 0 bridgehead atoms. The van der Waals surface area contributed by atoms with Gasteiger partial charge in [0, 0.05) is 24.4 Å². The molecular weight excluding hydrogens is 338 g/mol. The summed E-state index contributed by atoms with van der Waals surface area (Å²) >= 11 is 0. The lowest BCUT2D eigenvalue weighted by Crippen LogP contribution is -2.37. The molecule has 0 aliphatic carbocycles. The van der Waals surface area contributed by atoms with Gasteiger partial charge in [0.2, 0.25) is 10.0 Å². The standard InChI is InChI=1S/C18H27N3O3S/c1-3-4-9-15(2)19-20-18(22)16-10-8-11-17(14-16)25(23,24)21-12-6-5-7-13-21/h8,10-11,14,19H,2-7,9,12-13H2,1H3,(H,20,22). The lowest BCUT2D eigenvalue weighted by atomic mass is 10.2. The monoisotopic (exact) mass is 365 g/mol. The Bertz CT molecular complexity index is 710. The molecule has 0 spiro atoms. The zero-order valence-corrected chi connectivity index (χ0v) is 15.6. The molecule has 0 atom stereocenters. The molecular formula is C18H27N3O3S. The highest BCUT2D eigenvalue weighted by atomic mass is 32.2. The first-order chi connectivity index (χ1) is 11.9. The second kappa shape index (κ2) is 9.01. The van der Waals surface area contributed by atoms with Crippen molar-refractivity contribution in [3.8, 4) is 0 Å². The van der Waals surface area contributed by atoms with E-state index in [4.69, 9.17) is 0 Å². The van der Waals surface area contributed by atoms with Crippen LogP contribution in [0.3, 0.4) is 0 Å². The third kappa shape index (κ3) is 5.31. The van der Waals surface area contributed by atoms with E-state index in [2.05, 4.69) is 24.4 Å². The number of unbranched alkanes of at least 4 members (excludes halogenated alkanes) is 1. The van der Waals surface area contributed by atoms with Crippen molar-refractivity contribution in [3.05, 3.63) is 42.1 Å². The van der Waals surface area contributed by atoms with Gasteiger partial charge in [-0.2, -0.15) is 4.31 Å². The summed E-state index contributed by atoms with van der Waals surface area (Å²) in [6.45, 7) is 7.01. The fourth-order valence-electron chi connectivity index (χ4n) is 2.72. The van der Waals surface area contributed by atoms with Crippen LogP contribution in [0.25, 0.3) is 0 Å². The number of hydrazine groups is 1. The number of benzene rings is 1. The molecule has 1 fully saturated rings. The number of hydrogen-bond acceptors (Lipinski definition) is 4. The molecule has 1 aromatic carbocycles. The first-order valence-corrected chi connectivity index (χ1v) is 10.2. The van der Waals surface area contributed by atoms with Crippen LogP contribution >= 0.6 is 0 Å². The van der Waals surface area contributed by atoms with Crippen LogP contribution in [-0.4, -0.2) is 31.7 Å². The molecule has 1 heterocycles. The summed E-state index contributed by atoms with van der Waals surface area (Å²) < 4.78 is 26.9. The summed E-state index contributed by atoms with van der Waals surface area (Å²) in [7, 11) is -3.55. The van der Waals surface area contributed by atoms with Crippen LogP contribution < -0.4 is 10.9 Å². The number of carbonyl (C=O) groups excluding carboxylic acids is 1. The molecule has 2 N–H and O–H groups in total. The summed E-state index contributed by atoms with van der Waals surface area (Å²) in [5.41, 5.74) is 6.38. The van der Waals surface area contributed by atoms with Crippen LogP contribution in [0, 0.1) is 0 Å². The summed E-state index contributed by atoms with van der Waals surface area (Å²) in [6.07, 6.45) is 5.63. The van der Waals surface area contributed by atoms with E-state index in [0.29, 0.717) is 18.7 Å². The van der Waals surface area contributed by atoms with Gasteiger partial charge in [-0.15, -0.1) is 0 Å². The Kier molecular flexibility index (Phi) is 7.01. The molecule has 0 saturated carbocycles. The number of amides is 1. The van der Waals surface area contributed by atoms with Crippen LogP contribution in [0.1, 0.15) is 55.8 Å². The van der Waals surface area contributed by atoms with Crippen molar-refractivity contribution in [2.24, 2.45) is 0 Å². The maximum Gasteiger partial charge on any atom is 0.269 e. The van der Waals surface area contributed by atoms with Crippen LogP contribution in [0.15, 0.2) is 41.4 Å². The normalized spacial score (nSPS) is 15.6. The summed E-state index contributed by atoms with van der Waals surface area (Å²) in [5.74, 6) is -0.381. The summed E-state index contributed by atoms with van der Waals surface area (Å²) in [4.78, 5) is 12.4. The Morgan fingerprint density at radius 1 is 1.20 bits per heavy atom. The molecule has 7 heteroatoms. The number of carbonyl (C=O) groups is 1. The molecule has 1 aliphatic rings. The molecule has 0 aromatic heterocycles. The molecule has 1 amide bonds. The Morgan fingerprint density at radius 3 is 2.60 bits per heavy atom. The lowest BCUT2D eigenvalue weighted by molar-refractivity contribution is 0.0938. The van der Waals surface area contributed by atoms with Crippen molar-refractivity contribution in [3.63, 3.8) is 0 Å². The maximum atomic E-state index is 12.7. The number of allylic oxidation sites excluding steroid dienone is 1. The van der Waals surface area contributed by atoms with Gasteiger partial charge in [0.25, 0.3) is 5.91 Å². The highest BCUT2D eigenvalue weighted by Crippen LogP contribution is 2.21. The highest BCUT2D eigenvalue weighted by molar-refractivity contribution is 7.89. The zero-order valence-electron chi connectivity index (χ0n) is 14.8. The quantitative estimate of drug-likeness (QED) is 0.695. The largest absolute Gasteiger partial charge is 0.303 e. The molecule has 1 aromatic rings. The minimum atomic E-state index is -3.55. The van der Waals surface area contributed by atoms with Gasteiger partial charge < -0.3 is 5.43 Å². The fraction of sp³-hybridized carbons (Fsp3) is 0.500. The predicted molar refractivity (Wildman–Crippen MR) is 98.3 cm³/mol. The van der Waals surface area contributed by atoms with E-state index in [9.17, 15) is 13.2 Å². The van der Waals surface area contributed by atoms with Gasteiger partial charge in [-0.05, 0) is 43.9 Å². The zero-order chi connectivity index (χ0) is 18.3. The van der Waals surface area contributed by atoms with Crippen molar-refractivity contribution >= 4 is 15.9 Å². The minimum absolute atomic E-state index is 0.159. The molecule has 1 saturated heterocycles. The fourth-order valence-corrected chi connectivity index (χ4v) is 4.29. The number of piperidine rings is 1. The van der Waals surface area contributed by atoms with Crippen LogP contribution in [-0.2, 0) is 10.0 Å². The average Bonchev–Trinajstić information content (AvgIpc) is 2.65. The molecule has 138 valence electrons. The minimum Gasteiger partial charge on any atom is -0.303 e. The van der Waals surface area contributed by atoms with E-state index in [1.807, 2.05) is 0 Å². The van der Waals surface area contributed by atoms with Gasteiger partial charge >= 0.3 is 0 Å². The second-order valence-electron chi connectivity index (χ2n) is 6.28. The number of nitrogens with one attached hydrogen (secondary N) is 2. The Morgan fingerprint density at radius 2 is 1.92 bits per heavy atom. The second-order valence-corrected chi connectivity index (χ2v) is 8.22. The van der Waals surface area contributed by atoms with Crippen LogP contribution in [0.2, 0.25) is 0 Å². The maximum absolute atomic E-state index is 12.7. The summed E-state index contributed by atoms with van der Waals surface area (Å²) in [5, 5.41) is 0. The van der Waals surface area contributed by atoms with E-state index >= 15 is 0 Å².